The second kappa shape index (κ2) is 5.66. The first-order chi connectivity index (χ1) is 7.31. The fraction of sp³-hybridized carbons (Fsp3) is 0. The number of rotatable bonds is 1. The average molecular weight is 328 g/mol. The van der Waals surface area contributed by atoms with Gasteiger partial charge in [0.05, 0.1) is 5.69 Å². The Bertz CT molecular complexity index is 505. The molecular formula is C11H13IN4. The minimum Gasteiger partial charge on any atom is -0.369 e. The molecule has 0 fully saturated rings. The van der Waals surface area contributed by atoms with Crippen molar-refractivity contribution in [2.75, 3.05) is 0 Å². The molecule has 0 saturated heterocycles. The van der Waals surface area contributed by atoms with Gasteiger partial charge in [-0.1, -0.05) is 36.4 Å². The second-order valence-corrected chi connectivity index (χ2v) is 3.14. The van der Waals surface area contributed by atoms with Gasteiger partial charge in [-0.15, -0.1) is 24.0 Å². The fourth-order valence-electron chi connectivity index (χ4n) is 1.47. The van der Waals surface area contributed by atoms with Gasteiger partial charge in [-0.3, -0.25) is 5.43 Å². The topological polar surface area (TPSA) is 76.4 Å². The number of benzene rings is 2. The normalized spacial score (nSPS) is 10.9. The number of fused-ring (bicyclic) bond motifs is 1. The average Bonchev–Trinajstić information content (AvgIpc) is 2.29. The molecule has 5 N–H and O–H groups in total. The standard InChI is InChI=1S/C11H12N4.HI/c12-11(15-13)14-10-7-3-5-8-4-1-2-6-9(8)10;/h1-7H,13H2,(H3,12,14,15);1H. The van der Waals surface area contributed by atoms with Gasteiger partial charge in [-0.25, -0.2) is 10.8 Å². The highest BCUT2D eigenvalue weighted by atomic mass is 127. The minimum absolute atomic E-state index is 0. The first-order valence-electron chi connectivity index (χ1n) is 4.60. The van der Waals surface area contributed by atoms with Crippen LogP contribution in [0.2, 0.25) is 0 Å². The highest BCUT2D eigenvalue weighted by molar-refractivity contribution is 14.0. The molecule has 2 aromatic rings. The van der Waals surface area contributed by atoms with Crippen LogP contribution in [0.1, 0.15) is 0 Å². The van der Waals surface area contributed by atoms with Crippen molar-refractivity contribution < 1.29 is 0 Å². The molecule has 0 saturated carbocycles. The number of hydrazine groups is 1. The number of nitrogens with two attached hydrogens (primary N) is 2. The van der Waals surface area contributed by atoms with Gasteiger partial charge in [0.1, 0.15) is 0 Å². The lowest BCUT2D eigenvalue weighted by Crippen LogP contribution is -2.36. The Morgan fingerprint density at radius 1 is 1.06 bits per heavy atom. The lowest BCUT2D eigenvalue weighted by atomic mass is 10.1. The van der Waals surface area contributed by atoms with Crippen molar-refractivity contribution in [3.8, 4) is 0 Å². The molecule has 2 aromatic carbocycles. The van der Waals surface area contributed by atoms with Crippen molar-refractivity contribution in [3.05, 3.63) is 42.5 Å². The maximum atomic E-state index is 5.51. The van der Waals surface area contributed by atoms with E-state index in [0.29, 0.717) is 0 Å². The summed E-state index contributed by atoms with van der Waals surface area (Å²) >= 11 is 0. The number of nitrogens with zero attached hydrogens (tertiary/aromatic N) is 1. The van der Waals surface area contributed by atoms with Gasteiger partial charge in [-0.2, -0.15) is 0 Å². The van der Waals surface area contributed by atoms with Crippen molar-refractivity contribution in [2.45, 2.75) is 0 Å². The van der Waals surface area contributed by atoms with E-state index in [4.69, 9.17) is 11.6 Å². The van der Waals surface area contributed by atoms with Gasteiger partial charge in [0.2, 0.25) is 5.96 Å². The molecule has 0 aromatic heterocycles. The number of aliphatic imine (C=N–C) groups is 1. The van der Waals surface area contributed by atoms with E-state index in [1.54, 1.807) is 0 Å². The first-order valence-corrected chi connectivity index (χ1v) is 4.60. The minimum atomic E-state index is 0. The van der Waals surface area contributed by atoms with Crippen LogP contribution < -0.4 is 17.0 Å². The molecular weight excluding hydrogens is 315 g/mol. The number of guanidine groups is 1. The highest BCUT2D eigenvalue weighted by Gasteiger charge is 1.98. The summed E-state index contributed by atoms with van der Waals surface area (Å²) in [6.45, 7) is 0. The Kier molecular flexibility index (Phi) is 4.51. The summed E-state index contributed by atoms with van der Waals surface area (Å²) in [6, 6.07) is 13.8. The molecule has 0 heterocycles. The summed E-state index contributed by atoms with van der Waals surface area (Å²) in [6.07, 6.45) is 0. The predicted molar refractivity (Wildman–Crippen MR) is 78.0 cm³/mol. The molecule has 0 aliphatic heterocycles. The molecule has 0 amide bonds. The van der Waals surface area contributed by atoms with E-state index < -0.39 is 0 Å². The van der Waals surface area contributed by atoms with Crippen LogP contribution in [-0.4, -0.2) is 5.96 Å². The zero-order valence-corrected chi connectivity index (χ0v) is 10.9. The Labute approximate surface area is 111 Å². The molecule has 84 valence electrons. The van der Waals surface area contributed by atoms with E-state index in [1.807, 2.05) is 42.5 Å². The third-order valence-corrected chi connectivity index (χ3v) is 2.16. The van der Waals surface area contributed by atoms with Gasteiger partial charge in [0, 0.05) is 5.39 Å². The third-order valence-electron chi connectivity index (χ3n) is 2.16. The maximum absolute atomic E-state index is 5.51. The number of nitrogens with one attached hydrogen (secondary N) is 1. The van der Waals surface area contributed by atoms with Crippen LogP contribution in [0, 0.1) is 0 Å². The van der Waals surface area contributed by atoms with Crippen molar-refractivity contribution in [1.82, 2.24) is 5.43 Å². The van der Waals surface area contributed by atoms with Crippen molar-refractivity contribution in [1.29, 1.82) is 0 Å². The van der Waals surface area contributed by atoms with Crippen LogP contribution in [0.3, 0.4) is 0 Å². The summed E-state index contributed by atoms with van der Waals surface area (Å²) in [4.78, 5) is 4.16. The predicted octanol–water partition coefficient (Wildman–Crippen LogP) is 1.87. The van der Waals surface area contributed by atoms with E-state index in [1.165, 1.54) is 0 Å². The summed E-state index contributed by atoms with van der Waals surface area (Å²) in [5.74, 6) is 5.36. The molecule has 16 heavy (non-hydrogen) atoms. The van der Waals surface area contributed by atoms with Crippen LogP contribution in [0.25, 0.3) is 10.8 Å². The quantitative estimate of drug-likeness (QED) is 0.246. The lowest BCUT2D eigenvalue weighted by molar-refractivity contribution is 1.01. The Balaban J connectivity index is 0.00000128. The van der Waals surface area contributed by atoms with Crippen LogP contribution in [-0.2, 0) is 0 Å². The van der Waals surface area contributed by atoms with Gasteiger partial charge >= 0.3 is 0 Å². The van der Waals surface area contributed by atoms with Gasteiger partial charge in [-0.05, 0) is 11.5 Å². The summed E-state index contributed by atoms with van der Waals surface area (Å²) in [5, 5.41) is 2.18. The van der Waals surface area contributed by atoms with Crippen LogP contribution in [0.4, 0.5) is 5.69 Å². The Hall–Kier alpha value is -1.34. The van der Waals surface area contributed by atoms with Gasteiger partial charge in [0.25, 0.3) is 0 Å². The summed E-state index contributed by atoms with van der Waals surface area (Å²) in [5.41, 5.74) is 8.62. The van der Waals surface area contributed by atoms with Crippen molar-refractivity contribution in [3.63, 3.8) is 0 Å². The molecule has 2 rings (SSSR count). The second-order valence-electron chi connectivity index (χ2n) is 3.14. The smallest absolute Gasteiger partial charge is 0.208 e. The Morgan fingerprint density at radius 3 is 2.50 bits per heavy atom. The van der Waals surface area contributed by atoms with Crippen molar-refractivity contribution >= 4 is 46.4 Å². The summed E-state index contributed by atoms with van der Waals surface area (Å²) in [7, 11) is 0. The maximum Gasteiger partial charge on any atom is 0.208 e. The van der Waals surface area contributed by atoms with Crippen LogP contribution >= 0.6 is 24.0 Å². The molecule has 0 bridgehead atoms. The van der Waals surface area contributed by atoms with E-state index in [9.17, 15) is 0 Å². The molecule has 0 spiro atoms. The zero-order chi connectivity index (χ0) is 10.7. The summed E-state index contributed by atoms with van der Waals surface area (Å²) < 4.78 is 0. The molecule has 0 aliphatic carbocycles. The van der Waals surface area contributed by atoms with Gasteiger partial charge in [0.15, 0.2) is 0 Å². The van der Waals surface area contributed by atoms with Gasteiger partial charge < -0.3 is 5.73 Å². The van der Waals surface area contributed by atoms with E-state index >= 15 is 0 Å². The molecule has 4 nitrogen and oxygen atoms in total. The number of hydrogen-bond acceptors (Lipinski definition) is 2. The van der Waals surface area contributed by atoms with E-state index in [0.717, 1.165) is 16.5 Å². The number of halogens is 1. The van der Waals surface area contributed by atoms with E-state index in [2.05, 4.69) is 10.4 Å². The SMILES string of the molecule is I.NNC(N)=Nc1cccc2ccccc12. The molecule has 0 aliphatic rings. The Morgan fingerprint density at radius 2 is 1.75 bits per heavy atom. The fourth-order valence-corrected chi connectivity index (χ4v) is 1.47. The number of hydrogen-bond donors (Lipinski definition) is 3. The zero-order valence-electron chi connectivity index (χ0n) is 8.55. The molecule has 5 heteroatoms. The van der Waals surface area contributed by atoms with Crippen LogP contribution in [0.5, 0.6) is 0 Å². The highest BCUT2D eigenvalue weighted by Crippen LogP contribution is 2.25. The van der Waals surface area contributed by atoms with Crippen LogP contribution in [0.15, 0.2) is 47.5 Å². The van der Waals surface area contributed by atoms with Crippen molar-refractivity contribution in [2.24, 2.45) is 16.6 Å². The lowest BCUT2D eigenvalue weighted by Gasteiger charge is -2.02. The molecule has 0 radical (unpaired) electrons. The monoisotopic (exact) mass is 328 g/mol. The largest absolute Gasteiger partial charge is 0.369 e. The molecule has 0 unspecified atom stereocenters. The first kappa shape index (κ1) is 12.7. The molecule has 0 atom stereocenters. The van der Waals surface area contributed by atoms with E-state index in [-0.39, 0.29) is 29.9 Å². The third kappa shape index (κ3) is 2.61.